The molecule has 1 heterocycles. The molecular formula is C13H21F2N3S. The number of aromatic nitrogens is 2. The van der Waals surface area contributed by atoms with Gasteiger partial charge in [0.1, 0.15) is 10.0 Å². The Morgan fingerprint density at radius 2 is 1.89 bits per heavy atom. The topological polar surface area (TPSA) is 37.8 Å². The number of hydrogen-bond donors (Lipinski definition) is 1. The fraction of sp³-hybridized carbons (Fsp3) is 0.846. The summed E-state index contributed by atoms with van der Waals surface area (Å²) in [6, 6.07) is 0. The van der Waals surface area contributed by atoms with Crippen LogP contribution < -0.4 is 5.32 Å². The van der Waals surface area contributed by atoms with Gasteiger partial charge in [-0.25, -0.2) is 8.78 Å². The Balaban J connectivity index is 1.91. The first-order valence-corrected chi connectivity index (χ1v) is 7.52. The Morgan fingerprint density at radius 1 is 1.26 bits per heavy atom. The van der Waals surface area contributed by atoms with Gasteiger partial charge in [-0.15, -0.1) is 10.2 Å². The minimum atomic E-state index is -2.47. The number of rotatable bonds is 3. The first kappa shape index (κ1) is 14.8. The highest BCUT2D eigenvalue weighted by Crippen LogP contribution is 2.41. The van der Waals surface area contributed by atoms with E-state index in [1.165, 1.54) is 0 Å². The van der Waals surface area contributed by atoms with Crippen LogP contribution in [0.2, 0.25) is 0 Å². The van der Waals surface area contributed by atoms with Crippen LogP contribution in [0.5, 0.6) is 0 Å². The molecule has 0 aliphatic heterocycles. The van der Waals surface area contributed by atoms with Gasteiger partial charge in [-0.1, -0.05) is 11.3 Å². The summed E-state index contributed by atoms with van der Waals surface area (Å²) in [5.41, 5.74) is 0.0404. The van der Waals surface area contributed by atoms with E-state index < -0.39 is 5.92 Å². The summed E-state index contributed by atoms with van der Waals surface area (Å²) in [6.07, 6.45) is 1.00. The zero-order chi connectivity index (χ0) is 14.1. The summed E-state index contributed by atoms with van der Waals surface area (Å²) < 4.78 is 26.2. The van der Waals surface area contributed by atoms with Gasteiger partial charge in [0.15, 0.2) is 0 Å². The molecule has 19 heavy (non-hydrogen) atoms. The van der Waals surface area contributed by atoms with Gasteiger partial charge in [0.05, 0.1) is 6.54 Å². The van der Waals surface area contributed by atoms with Crippen molar-refractivity contribution >= 4 is 11.3 Å². The van der Waals surface area contributed by atoms with Crippen molar-refractivity contribution in [3.63, 3.8) is 0 Å². The Labute approximate surface area is 116 Å². The number of hydrogen-bond acceptors (Lipinski definition) is 4. The van der Waals surface area contributed by atoms with Crippen LogP contribution in [0, 0.1) is 0 Å². The number of alkyl halides is 2. The Morgan fingerprint density at radius 3 is 2.47 bits per heavy atom. The third-order valence-corrected chi connectivity index (χ3v) is 4.40. The first-order valence-electron chi connectivity index (χ1n) is 6.70. The van der Waals surface area contributed by atoms with Crippen LogP contribution in [-0.4, -0.2) is 21.7 Å². The third kappa shape index (κ3) is 4.45. The highest BCUT2D eigenvalue weighted by atomic mass is 32.1. The van der Waals surface area contributed by atoms with Crippen molar-refractivity contribution < 1.29 is 8.78 Å². The average Bonchev–Trinajstić information content (AvgIpc) is 2.74. The Kier molecular flexibility index (Phi) is 4.20. The molecule has 0 aromatic carbocycles. The van der Waals surface area contributed by atoms with Crippen molar-refractivity contribution in [2.24, 2.45) is 0 Å². The number of nitrogens with zero attached hydrogens (tertiary/aromatic N) is 2. The molecule has 6 heteroatoms. The second kappa shape index (κ2) is 5.40. The second-order valence-electron chi connectivity index (χ2n) is 6.27. The van der Waals surface area contributed by atoms with Gasteiger partial charge in [0.2, 0.25) is 5.92 Å². The van der Waals surface area contributed by atoms with Crippen molar-refractivity contribution in [3.05, 3.63) is 10.0 Å². The minimum Gasteiger partial charge on any atom is -0.306 e. The quantitative estimate of drug-likeness (QED) is 0.921. The van der Waals surface area contributed by atoms with E-state index in [2.05, 4.69) is 36.3 Å². The van der Waals surface area contributed by atoms with E-state index in [1.54, 1.807) is 11.3 Å². The molecule has 1 fully saturated rings. The lowest BCUT2D eigenvalue weighted by Gasteiger charge is -2.26. The summed E-state index contributed by atoms with van der Waals surface area (Å²) in [6.45, 7) is 6.97. The summed E-state index contributed by atoms with van der Waals surface area (Å²) >= 11 is 1.55. The lowest BCUT2D eigenvalue weighted by atomic mass is 9.87. The normalized spacial score (nSPS) is 20.7. The molecule has 1 aliphatic carbocycles. The van der Waals surface area contributed by atoms with E-state index in [0.29, 0.717) is 19.4 Å². The summed E-state index contributed by atoms with van der Waals surface area (Å²) in [5.74, 6) is -2.31. The van der Waals surface area contributed by atoms with Gasteiger partial charge in [0, 0.05) is 24.3 Å². The Hall–Kier alpha value is -0.620. The number of halogens is 2. The van der Waals surface area contributed by atoms with Crippen LogP contribution in [0.15, 0.2) is 0 Å². The maximum Gasteiger partial charge on any atom is 0.248 e. The van der Waals surface area contributed by atoms with E-state index >= 15 is 0 Å². The van der Waals surface area contributed by atoms with Crippen molar-refractivity contribution in [2.45, 2.75) is 70.4 Å². The van der Waals surface area contributed by atoms with Crippen LogP contribution in [-0.2, 0) is 6.54 Å². The maximum absolute atomic E-state index is 13.1. The first-order chi connectivity index (χ1) is 8.75. The molecule has 1 saturated carbocycles. The van der Waals surface area contributed by atoms with Crippen LogP contribution in [0.1, 0.15) is 62.4 Å². The Bertz CT molecular complexity index is 416. The molecule has 0 radical (unpaired) electrons. The van der Waals surface area contributed by atoms with E-state index in [0.717, 1.165) is 10.0 Å². The summed E-state index contributed by atoms with van der Waals surface area (Å²) in [7, 11) is 0. The van der Waals surface area contributed by atoms with Crippen LogP contribution >= 0.6 is 11.3 Å². The molecule has 0 atom stereocenters. The molecule has 0 unspecified atom stereocenters. The molecule has 2 rings (SSSR count). The standard InChI is InChI=1S/C13H21F2N3S/c1-12(2,3)16-8-10-17-18-11(19-10)9-4-6-13(14,15)7-5-9/h9,16H,4-8H2,1-3H3. The monoisotopic (exact) mass is 289 g/mol. The summed E-state index contributed by atoms with van der Waals surface area (Å²) in [4.78, 5) is 0. The highest BCUT2D eigenvalue weighted by molar-refractivity contribution is 7.11. The maximum atomic E-state index is 13.1. The second-order valence-corrected chi connectivity index (χ2v) is 7.36. The molecule has 0 spiro atoms. The molecule has 1 aromatic rings. The average molecular weight is 289 g/mol. The van der Waals surface area contributed by atoms with Crippen molar-refractivity contribution in [3.8, 4) is 0 Å². The van der Waals surface area contributed by atoms with Gasteiger partial charge in [-0.2, -0.15) is 0 Å². The van der Waals surface area contributed by atoms with E-state index in [4.69, 9.17) is 0 Å². The molecule has 1 aromatic heterocycles. The highest BCUT2D eigenvalue weighted by Gasteiger charge is 2.36. The van der Waals surface area contributed by atoms with E-state index in [9.17, 15) is 8.78 Å². The molecular weight excluding hydrogens is 268 g/mol. The minimum absolute atomic E-state index is 0.0210. The molecule has 108 valence electrons. The summed E-state index contributed by atoms with van der Waals surface area (Å²) in [5, 5.41) is 13.5. The smallest absolute Gasteiger partial charge is 0.248 e. The molecule has 0 saturated heterocycles. The fourth-order valence-electron chi connectivity index (χ4n) is 2.13. The van der Waals surface area contributed by atoms with Gasteiger partial charge in [-0.3, -0.25) is 0 Å². The van der Waals surface area contributed by atoms with E-state index in [-0.39, 0.29) is 24.3 Å². The number of nitrogens with one attached hydrogen (secondary N) is 1. The molecule has 3 nitrogen and oxygen atoms in total. The largest absolute Gasteiger partial charge is 0.306 e. The molecule has 0 amide bonds. The van der Waals surface area contributed by atoms with Crippen molar-refractivity contribution in [1.82, 2.24) is 15.5 Å². The lowest BCUT2D eigenvalue weighted by Crippen LogP contribution is -2.35. The van der Waals surface area contributed by atoms with Crippen LogP contribution in [0.25, 0.3) is 0 Å². The lowest BCUT2D eigenvalue weighted by molar-refractivity contribution is -0.0382. The predicted octanol–water partition coefficient (Wildman–Crippen LogP) is 3.72. The van der Waals surface area contributed by atoms with Gasteiger partial charge < -0.3 is 5.32 Å². The molecule has 1 aliphatic rings. The fourth-order valence-corrected chi connectivity index (χ4v) is 3.08. The third-order valence-electron chi connectivity index (χ3n) is 3.32. The molecule has 1 N–H and O–H groups in total. The van der Waals surface area contributed by atoms with Crippen molar-refractivity contribution in [2.75, 3.05) is 0 Å². The van der Waals surface area contributed by atoms with E-state index in [1.807, 2.05) is 0 Å². The zero-order valence-electron chi connectivity index (χ0n) is 11.7. The van der Waals surface area contributed by atoms with Crippen molar-refractivity contribution in [1.29, 1.82) is 0 Å². The SMILES string of the molecule is CC(C)(C)NCc1nnc(C2CCC(F)(F)CC2)s1. The van der Waals surface area contributed by atoms with Gasteiger partial charge >= 0.3 is 0 Å². The van der Waals surface area contributed by atoms with Gasteiger partial charge in [0.25, 0.3) is 0 Å². The predicted molar refractivity (Wildman–Crippen MR) is 72.7 cm³/mol. The van der Waals surface area contributed by atoms with Crippen LogP contribution in [0.4, 0.5) is 8.78 Å². The molecule has 0 bridgehead atoms. The zero-order valence-corrected chi connectivity index (χ0v) is 12.5. The van der Waals surface area contributed by atoms with Gasteiger partial charge in [-0.05, 0) is 33.6 Å². The van der Waals surface area contributed by atoms with Crippen LogP contribution in [0.3, 0.4) is 0 Å².